The van der Waals surface area contributed by atoms with Crippen molar-refractivity contribution in [3.05, 3.63) is 74.6 Å². The van der Waals surface area contributed by atoms with Crippen LogP contribution in [0.3, 0.4) is 0 Å². The minimum Gasteiger partial charge on any atom is -0.293 e. The summed E-state index contributed by atoms with van der Waals surface area (Å²) in [5.41, 5.74) is 3.57. The van der Waals surface area contributed by atoms with Crippen LogP contribution in [-0.2, 0) is 0 Å². The van der Waals surface area contributed by atoms with Crippen LogP contribution in [0.5, 0.6) is 0 Å². The zero-order valence-corrected chi connectivity index (χ0v) is 16.6. The van der Waals surface area contributed by atoms with Crippen molar-refractivity contribution in [3.8, 4) is 5.13 Å². The quantitative estimate of drug-likeness (QED) is 0.469. The fourth-order valence-corrected chi connectivity index (χ4v) is 4.02. The van der Waals surface area contributed by atoms with Gasteiger partial charge in [-0.15, -0.1) is 0 Å². The maximum Gasteiger partial charge on any atom is 0.282 e. The molecule has 0 aliphatic heterocycles. The van der Waals surface area contributed by atoms with Crippen LogP contribution in [0, 0.1) is 6.92 Å². The van der Waals surface area contributed by atoms with Gasteiger partial charge in [-0.2, -0.15) is 4.68 Å². The molecule has 0 amide bonds. The second-order valence-corrected chi connectivity index (χ2v) is 7.81. The van der Waals surface area contributed by atoms with Crippen LogP contribution >= 0.6 is 27.3 Å². The second kappa shape index (κ2) is 6.66. The van der Waals surface area contributed by atoms with Gasteiger partial charge in [-0.05, 0) is 50.2 Å². The molecule has 4 rings (SSSR count). The van der Waals surface area contributed by atoms with Gasteiger partial charge < -0.3 is 0 Å². The standard InChI is InChI=1S/C19H15BrN4OS/c1-11(21-14-9-7-13(20)8-10-14)17-12(2)23-24(18(17)25)19-22-15-5-3-4-6-16(15)26-19/h3-10,23H,1-2H3. The molecule has 130 valence electrons. The van der Waals surface area contributed by atoms with E-state index < -0.39 is 0 Å². The summed E-state index contributed by atoms with van der Waals surface area (Å²) in [5, 5.41) is 3.76. The highest BCUT2D eigenvalue weighted by Gasteiger charge is 2.17. The van der Waals surface area contributed by atoms with Gasteiger partial charge in [0.15, 0.2) is 0 Å². The molecule has 2 heterocycles. The summed E-state index contributed by atoms with van der Waals surface area (Å²) in [6, 6.07) is 15.5. The van der Waals surface area contributed by atoms with E-state index in [-0.39, 0.29) is 5.56 Å². The topological polar surface area (TPSA) is 63.0 Å². The van der Waals surface area contributed by atoms with Crippen molar-refractivity contribution in [2.45, 2.75) is 13.8 Å². The van der Waals surface area contributed by atoms with E-state index in [4.69, 9.17) is 0 Å². The number of rotatable bonds is 3. The number of thiazole rings is 1. The van der Waals surface area contributed by atoms with Crippen molar-refractivity contribution < 1.29 is 0 Å². The molecule has 0 fully saturated rings. The number of aliphatic imine (C=N–C) groups is 1. The third-order valence-electron chi connectivity index (χ3n) is 4.03. The Morgan fingerprint density at radius 3 is 2.65 bits per heavy atom. The number of fused-ring (bicyclic) bond motifs is 1. The highest BCUT2D eigenvalue weighted by Crippen LogP contribution is 2.24. The van der Waals surface area contributed by atoms with E-state index in [1.54, 1.807) is 0 Å². The Bertz CT molecular complexity index is 1150. The van der Waals surface area contributed by atoms with E-state index in [0.717, 1.165) is 26.1 Å². The molecule has 5 nitrogen and oxygen atoms in total. The lowest BCUT2D eigenvalue weighted by Crippen LogP contribution is -2.19. The maximum atomic E-state index is 13.0. The summed E-state index contributed by atoms with van der Waals surface area (Å²) in [6.45, 7) is 3.73. The Morgan fingerprint density at radius 2 is 1.92 bits per heavy atom. The van der Waals surface area contributed by atoms with Gasteiger partial charge in [-0.1, -0.05) is 39.4 Å². The number of halogens is 1. The molecule has 0 atom stereocenters. The molecule has 0 unspecified atom stereocenters. The highest BCUT2D eigenvalue weighted by molar-refractivity contribution is 9.10. The van der Waals surface area contributed by atoms with Crippen molar-refractivity contribution >= 4 is 48.9 Å². The van der Waals surface area contributed by atoms with Gasteiger partial charge in [0.2, 0.25) is 5.13 Å². The number of benzene rings is 2. The smallest absolute Gasteiger partial charge is 0.282 e. The molecule has 0 aliphatic carbocycles. The first kappa shape index (κ1) is 16.9. The molecule has 0 saturated heterocycles. The molecule has 4 aromatic rings. The normalized spacial score (nSPS) is 12.0. The van der Waals surface area contributed by atoms with E-state index in [1.807, 2.05) is 62.4 Å². The molecule has 0 radical (unpaired) electrons. The Morgan fingerprint density at radius 1 is 1.19 bits per heavy atom. The van der Waals surface area contributed by atoms with E-state index in [1.165, 1.54) is 16.0 Å². The molecule has 0 aliphatic rings. The van der Waals surface area contributed by atoms with Crippen molar-refractivity contribution in [1.82, 2.24) is 14.8 Å². The summed E-state index contributed by atoms with van der Waals surface area (Å²) in [5.74, 6) is 0. The number of para-hydroxylation sites is 1. The van der Waals surface area contributed by atoms with Gasteiger partial charge >= 0.3 is 0 Å². The van der Waals surface area contributed by atoms with Gasteiger partial charge in [0.1, 0.15) is 0 Å². The average molecular weight is 427 g/mol. The van der Waals surface area contributed by atoms with Crippen LogP contribution in [0.2, 0.25) is 0 Å². The summed E-state index contributed by atoms with van der Waals surface area (Å²) >= 11 is 4.89. The second-order valence-electron chi connectivity index (χ2n) is 5.89. The first-order chi connectivity index (χ1) is 12.5. The summed E-state index contributed by atoms with van der Waals surface area (Å²) in [6.07, 6.45) is 0. The van der Waals surface area contributed by atoms with Crippen LogP contribution < -0.4 is 5.56 Å². The predicted molar refractivity (Wildman–Crippen MR) is 110 cm³/mol. The van der Waals surface area contributed by atoms with Crippen molar-refractivity contribution in [1.29, 1.82) is 0 Å². The molecule has 2 aromatic heterocycles. The van der Waals surface area contributed by atoms with Crippen LogP contribution in [0.15, 0.2) is 62.8 Å². The average Bonchev–Trinajstić information content (AvgIpc) is 3.17. The Balaban J connectivity index is 1.79. The molecule has 0 spiro atoms. The van der Waals surface area contributed by atoms with Crippen LogP contribution in [0.25, 0.3) is 15.3 Å². The molecule has 0 bridgehead atoms. The zero-order valence-electron chi connectivity index (χ0n) is 14.2. The van der Waals surface area contributed by atoms with Crippen LogP contribution in [0.4, 0.5) is 5.69 Å². The predicted octanol–water partition coefficient (Wildman–Crippen LogP) is 4.99. The number of H-pyrrole nitrogens is 1. The van der Waals surface area contributed by atoms with Gasteiger partial charge in [0.25, 0.3) is 5.56 Å². The van der Waals surface area contributed by atoms with Crippen molar-refractivity contribution in [2.75, 3.05) is 0 Å². The Hall–Kier alpha value is -2.51. The first-order valence-corrected chi connectivity index (χ1v) is 9.62. The lowest BCUT2D eigenvalue weighted by molar-refractivity contribution is 0.829. The lowest BCUT2D eigenvalue weighted by Gasteiger charge is -1.99. The molecule has 7 heteroatoms. The SMILES string of the molecule is CC(=Nc1ccc(Br)cc1)c1c(C)[nH]n(-c2nc3ccccc3s2)c1=O. The molecule has 0 saturated carbocycles. The Labute approximate surface area is 162 Å². The summed E-state index contributed by atoms with van der Waals surface area (Å²) in [7, 11) is 0. The molecule has 26 heavy (non-hydrogen) atoms. The minimum absolute atomic E-state index is 0.139. The number of hydrogen-bond acceptors (Lipinski definition) is 4. The minimum atomic E-state index is -0.139. The van der Waals surface area contributed by atoms with Crippen LogP contribution in [-0.4, -0.2) is 20.5 Å². The summed E-state index contributed by atoms with van der Waals surface area (Å²) in [4.78, 5) is 22.1. The van der Waals surface area contributed by atoms with Crippen molar-refractivity contribution in [2.24, 2.45) is 4.99 Å². The third kappa shape index (κ3) is 3.04. The van der Waals surface area contributed by atoms with Gasteiger partial charge in [-0.25, -0.2) is 4.98 Å². The summed E-state index contributed by atoms with van der Waals surface area (Å²) < 4.78 is 3.53. The zero-order chi connectivity index (χ0) is 18.3. The van der Waals surface area contributed by atoms with Crippen LogP contribution in [0.1, 0.15) is 18.2 Å². The number of hydrogen-bond donors (Lipinski definition) is 1. The maximum absolute atomic E-state index is 13.0. The molecule has 1 N–H and O–H groups in total. The largest absolute Gasteiger partial charge is 0.293 e. The van der Waals surface area contributed by atoms with E-state index >= 15 is 0 Å². The number of nitrogens with one attached hydrogen (secondary N) is 1. The third-order valence-corrected chi connectivity index (χ3v) is 5.58. The number of aromatic amines is 1. The molecular weight excluding hydrogens is 412 g/mol. The van der Waals surface area contributed by atoms with Gasteiger partial charge in [0, 0.05) is 10.2 Å². The number of aromatic nitrogens is 3. The molecular formula is C19H15BrN4OS. The highest BCUT2D eigenvalue weighted by atomic mass is 79.9. The van der Waals surface area contributed by atoms with E-state index in [9.17, 15) is 4.79 Å². The molecule has 2 aromatic carbocycles. The van der Waals surface area contributed by atoms with E-state index in [0.29, 0.717) is 16.4 Å². The van der Waals surface area contributed by atoms with Gasteiger partial charge in [0.05, 0.1) is 27.2 Å². The number of nitrogens with zero attached hydrogens (tertiary/aromatic N) is 3. The van der Waals surface area contributed by atoms with Crippen molar-refractivity contribution in [3.63, 3.8) is 0 Å². The Kier molecular flexibility index (Phi) is 4.34. The fourth-order valence-electron chi connectivity index (χ4n) is 2.83. The van der Waals surface area contributed by atoms with E-state index in [2.05, 4.69) is 31.0 Å². The fraction of sp³-hybridized carbons (Fsp3) is 0.105. The van der Waals surface area contributed by atoms with Gasteiger partial charge in [-0.3, -0.25) is 14.9 Å². The lowest BCUT2D eigenvalue weighted by atomic mass is 10.2. The number of aryl methyl sites for hydroxylation is 1. The first-order valence-electron chi connectivity index (χ1n) is 8.02. The monoisotopic (exact) mass is 426 g/mol.